The minimum absolute atomic E-state index is 0.783. The van der Waals surface area contributed by atoms with E-state index in [1.54, 1.807) is 6.20 Å². The zero-order valence-electron chi connectivity index (χ0n) is 18.7. The van der Waals surface area contributed by atoms with Crippen LogP contribution in [0.15, 0.2) is 79.5 Å². The molecule has 5 heterocycles. The van der Waals surface area contributed by atoms with Gasteiger partial charge in [-0.25, -0.2) is 0 Å². The van der Waals surface area contributed by atoms with Crippen molar-refractivity contribution < 1.29 is 0 Å². The van der Waals surface area contributed by atoms with Crippen LogP contribution in [0.2, 0.25) is 0 Å². The van der Waals surface area contributed by atoms with E-state index in [1.807, 2.05) is 30.9 Å². The van der Waals surface area contributed by atoms with Gasteiger partial charge in [0.05, 0.1) is 23.1 Å². The summed E-state index contributed by atoms with van der Waals surface area (Å²) < 4.78 is 0. The summed E-state index contributed by atoms with van der Waals surface area (Å²) in [7, 11) is 0. The number of aromatic nitrogens is 6. The molecule has 0 aliphatic heterocycles. The van der Waals surface area contributed by atoms with Crippen molar-refractivity contribution in [2.75, 3.05) is 6.54 Å². The van der Waals surface area contributed by atoms with Crippen LogP contribution in [0.1, 0.15) is 12.5 Å². The highest BCUT2D eigenvalue weighted by Gasteiger charge is 2.15. The van der Waals surface area contributed by atoms with E-state index in [0.717, 1.165) is 74.2 Å². The number of aromatic amines is 2. The Morgan fingerprint density at radius 3 is 2.68 bits per heavy atom. The van der Waals surface area contributed by atoms with Gasteiger partial charge >= 0.3 is 0 Å². The smallest absolute Gasteiger partial charge is 0.116 e. The molecule has 7 nitrogen and oxygen atoms in total. The quantitative estimate of drug-likeness (QED) is 0.322. The minimum atomic E-state index is 0.783. The number of rotatable bonds is 6. The van der Waals surface area contributed by atoms with Gasteiger partial charge in [-0.05, 0) is 48.0 Å². The molecule has 0 aliphatic carbocycles. The van der Waals surface area contributed by atoms with Gasteiger partial charge in [0.2, 0.25) is 0 Å². The summed E-state index contributed by atoms with van der Waals surface area (Å²) in [6.07, 6.45) is 9.26. The zero-order chi connectivity index (χ0) is 22.9. The van der Waals surface area contributed by atoms with Gasteiger partial charge in [-0.15, -0.1) is 0 Å². The molecular weight excluding hydrogens is 422 g/mol. The van der Waals surface area contributed by atoms with Gasteiger partial charge in [-0.3, -0.25) is 20.1 Å². The monoisotopic (exact) mass is 445 g/mol. The molecule has 6 aromatic rings. The maximum Gasteiger partial charge on any atom is 0.116 e. The van der Waals surface area contributed by atoms with Crippen LogP contribution in [0.3, 0.4) is 0 Å². The Kier molecular flexibility index (Phi) is 5.08. The summed E-state index contributed by atoms with van der Waals surface area (Å²) in [5, 5.41) is 13.2. The average Bonchev–Trinajstić information content (AvgIpc) is 3.51. The molecule has 1 aromatic carbocycles. The first-order chi connectivity index (χ1) is 16.8. The molecule has 7 heteroatoms. The lowest BCUT2D eigenvalue weighted by atomic mass is 10.0. The molecule has 0 unspecified atom stereocenters. The number of benzene rings is 1. The van der Waals surface area contributed by atoms with Crippen LogP contribution in [0.4, 0.5) is 0 Å². The maximum atomic E-state index is 4.65. The molecule has 6 rings (SSSR count). The Labute approximate surface area is 196 Å². The van der Waals surface area contributed by atoms with Crippen LogP contribution < -0.4 is 5.32 Å². The van der Waals surface area contributed by atoms with E-state index in [2.05, 4.69) is 84.8 Å². The summed E-state index contributed by atoms with van der Waals surface area (Å²) in [5.41, 5.74) is 8.97. The molecule has 5 aromatic heterocycles. The van der Waals surface area contributed by atoms with Gasteiger partial charge < -0.3 is 10.3 Å². The molecule has 0 bridgehead atoms. The molecule has 0 fully saturated rings. The summed E-state index contributed by atoms with van der Waals surface area (Å²) in [6.45, 7) is 3.79. The molecule has 0 amide bonds. The highest BCUT2D eigenvalue weighted by atomic mass is 15.1. The zero-order valence-corrected chi connectivity index (χ0v) is 18.7. The van der Waals surface area contributed by atoms with Crippen LogP contribution in [-0.2, 0) is 6.54 Å². The van der Waals surface area contributed by atoms with Gasteiger partial charge in [0.25, 0.3) is 0 Å². The van der Waals surface area contributed by atoms with E-state index in [9.17, 15) is 0 Å². The van der Waals surface area contributed by atoms with Crippen LogP contribution >= 0.6 is 0 Å². The van der Waals surface area contributed by atoms with Gasteiger partial charge in [0, 0.05) is 58.7 Å². The highest BCUT2D eigenvalue weighted by molar-refractivity contribution is 6.01. The lowest BCUT2D eigenvalue weighted by molar-refractivity contribution is 0.724. The molecule has 34 heavy (non-hydrogen) atoms. The summed E-state index contributed by atoms with van der Waals surface area (Å²) in [5.74, 6) is 0. The average molecular weight is 446 g/mol. The fourth-order valence-corrected chi connectivity index (χ4v) is 4.33. The lowest BCUT2D eigenvalue weighted by Gasteiger charge is -2.05. The highest BCUT2D eigenvalue weighted by Crippen LogP contribution is 2.34. The number of fused-ring (bicyclic) bond motifs is 2. The predicted octanol–water partition coefficient (Wildman–Crippen LogP) is 5.34. The molecular formula is C27H23N7. The Balaban J connectivity index is 1.44. The Bertz CT molecular complexity index is 1600. The molecule has 166 valence electrons. The van der Waals surface area contributed by atoms with Crippen molar-refractivity contribution in [2.45, 2.75) is 13.5 Å². The number of hydrogen-bond acceptors (Lipinski definition) is 5. The van der Waals surface area contributed by atoms with Gasteiger partial charge in [-0.1, -0.05) is 25.1 Å². The van der Waals surface area contributed by atoms with Crippen molar-refractivity contribution in [3.63, 3.8) is 0 Å². The van der Waals surface area contributed by atoms with E-state index in [0.29, 0.717) is 0 Å². The SMILES string of the molecule is CCNCc1cncc(-c2cc3c(-c4cc5c(-c6cccnc6)cccc5[nH]4)n[nH]c3cn2)c1. The van der Waals surface area contributed by atoms with E-state index in [-0.39, 0.29) is 0 Å². The standard InChI is InChI=1S/C27H23N7/c1-2-28-12-17-9-19(15-30-13-17)24-11-22-26(16-31-24)33-34-27(22)25-10-21-20(6-3-7-23(21)32-25)18-5-4-8-29-14-18/h3-11,13-16,28,32H,2,12H2,1H3,(H,33,34). The normalized spacial score (nSPS) is 11.4. The van der Waals surface area contributed by atoms with Crippen LogP contribution in [-0.4, -0.2) is 36.7 Å². The van der Waals surface area contributed by atoms with Crippen molar-refractivity contribution in [1.82, 2.24) is 35.5 Å². The predicted molar refractivity (Wildman–Crippen MR) is 135 cm³/mol. The number of nitrogens with one attached hydrogen (secondary N) is 3. The number of hydrogen-bond donors (Lipinski definition) is 3. The third kappa shape index (κ3) is 3.62. The summed E-state index contributed by atoms with van der Waals surface area (Å²) >= 11 is 0. The van der Waals surface area contributed by atoms with E-state index < -0.39 is 0 Å². The van der Waals surface area contributed by atoms with Crippen molar-refractivity contribution >= 4 is 21.8 Å². The minimum Gasteiger partial charge on any atom is -0.353 e. The Morgan fingerprint density at radius 2 is 1.79 bits per heavy atom. The molecule has 3 N–H and O–H groups in total. The third-order valence-corrected chi connectivity index (χ3v) is 6.01. The van der Waals surface area contributed by atoms with Crippen LogP contribution in [0, 0.1) is 0 Å². The molecule has 0 saturated carbocycles. The van der Waals surface area contributed by atoms with Crippen molar-refractivity contribution in [1.29, 1.82) is 0 Å². The molecule has 0 aliphatic rings. The van der Waals surface area contributed by atoms with Crippen LogP contribution in [0.25, 0.3) is 55.6 Å². The molecule has 0 radical (unpaired) electrons. The lowest BCUT2D eigenvalue weighted by Crippen LogP contribution is -2.11. The fourth-order valence-electron chi connectivity index (χ4n) is 4.33. The van der Waals surface area contributed by atoms with Crippen LogP contribution in [0.5, 0.6) is 0 Å². The topological polar surface area (TPSA) is 95.2 Å². The fraction of sp³-hybridized carbons (Fsp3) is 0.111. The van der Waals surface area contributed by atoms with E-state index >= 15 is 0 Å². The Hall–Kier alpha value is -4.36. The van der Waals surface area contributed by atoms with Gasteiger partial charge in [-0.2, -0.15) is 5.10 Å². The molecule has 0 atom stereocenters. The van der Waals surface area contributed by atoms with Gasteiger partial charge in [0.1, 0.15) is 5.69 Å². The number of H-pyrrole nitrogens is 2. The second-order valence-electron chi connectivity index (χ2n) is 8.24. The second kappa shape index (κ2) is 8.53. The van der Waals surface area contributed by atoms with Crippen molar-refractivity contribution in [3.05, 3.63) is 85.1 Å². The Morgan fingerprint density at radius 1 is 0.853 bits per heavy atom. The van der Waals surface area contributed by atoms with Gasteiger partial charge in [0.15, 0.2) is 0 Å². The second-order valence-corrected chi connectivity index (χ2v) is 8.24. The largest absolute Gasteiger partial charge is 0.353 e. The first-order valence-corrected chi connectivity index (χ1v) is 11.3. The summed E-state index contributed by atoms with van der Waals surface area (Å²) in [6, 6.07) is 16.7. The number of nitrogens with zero attached hydrogens (tertiary/aromatic N) is 4. The summed E-state index contributed by atoms with van der Waals surface area (Å²) in [4.78, 5) is 16.9. The first kappa shape index (κ1) is 20.3. The van der Waals surface area contributed by atoms with Crippen molar-refractivity contribution in [3.8, 4) is 33.8 Å². The van der Waals surface area contributed by atoms with E-state index in [4.69, 9.17) is 0 Å². The van der Waals surface area contributed by atoms with E-state index in [1.165, 1.54) is 0 Å². The maximum absolute atomic E-state index is 4.65. The van der Waals surface area contributed by atoms with Crippen molar-refractivity contribution in [2.24, 2.45) is 0 Å². The third-order valence-electron chi connectivity index (χ3n) is 6.01. The molecule has 0 spiro atoms. The first-order valence-electron chi connectivity index (χ1n) is 11.3. The molecule has 0 saturated heterocycles. The number of pyridine rings is 3.